The minimum atomic E-state index is -0.924. The Labute approximate surface area is 68.9 Å². The van der Waals surface area contributed by atoms with Gasteiger partial charge in [-0.2, -0.15) is 0 Å². The molecule has 1 N–H and O–H groups in total. The third-order valence-electron chi connectivity index (χ3n) is 1.23. The molecule has 0 bridgehead atoms. The van der Waals surface area contributed by atoms with Crippen molar-refractivity contribution in [1.82, 2.24) is 5.16 Å². The van der Waals surface area contributed by atoms with Gasteiger partial charge in [0.05, 0.1) is 12.1 Å². The summed E-state index contributed by atoms with van der Waals surface area (Å²) in [5, 5.41) is 11.9. The van der Waals surface area contributed by atoms with Crippen LogP contribution in [0.4, 0.5) is 0 Å². The molecule has 1 heterocycles. The Kier molecular flexibility index (Phi) is 2.82. The highest BCUT2D eigenvalue weighted by Crippen LogP contribution is 2.04. The summed E-state index contributed by atoms with van der Waals surface area (Å²) in [5.41, 5.74) is 0.412. The number of methoxy groups -OCH3 is 1. The molecular formula is C7H9NO4. The molecule has 0 aliphatic carbocycles. The van der Waals surface area contributed by atoms with Crippen molar-refractivity contribution in [2.75, 3.05) is 7.11 Å². The summed E-state index contributed by atoms with van der Waals surface area (Å²) in [7, 11) is 1.53. The van der Waals surface area contributed by atoms with Crippen LogP contribution in [0.3, 0.4) is 0 Å². The SMILES string of the molecule is COCc1cc(CC(=O)O)no1. The molecule has 1 aromatic rings. The van der Waals surface area contributed by atoms with Crippen molar-refractivity contribution >= 4 is 5.97 Å². The minimum Gasteiger partial charge on any atom is -0.481 e. The number of hydrogen-bond donors (Lipinski definition) is 1. The lowest BCUT2D eigenvalue weighted by molar-refractivity contribution is -0.136. The zero-order valence-electron chi connectivity index (χ0n) is 6.61. The topological polar surface area (TPSA) is 72.6 Å². The maximum atomic E-state index is 10.2. The van der Waals surface area contributed by atoms with Gasteiger partial charge in [-0.3, -0.25) is 4.79 Å². The first-order valence-corrected chi connectivity index (χ1v) is 3.37. The van der Waals surface area contributed by atoms with E-state index in [0.29, 0.717) is 18.1 Å². The highest BCUT2D eigenvalue weighted by Gasteiger charge is 2.06. The van der Waals surface area contributed by atoms with E-state index < -0.39 is 5.97 Å². The maximum Gasteiger partial charge on any atom is 0.309 e. The highest BCUT2D eigenvalue weighted by atomic mass is 16.5. The van der Waals surface area contributed by atoms with Crippen LogP contribution in [0.15, 0.2) is 10.6 Å². The lowest BCUT2D eigenvalue weighted by Gasteiger charge is -1.87. The van der Waals surface area contributed by atoms with E-state index in [1.807, 2.05) is 0 Å². The number of carboxylic acids is 1. The summed E-state index contributed by atoms with van der Waals surface area (Å²) >= 11 is 0. The largest absolute Gasteiger partial charge is 0.481 e. The lowest BCUT2D eigenvalue weighted by atomic mass is 10.3. The Morgan fingerprint density at radius 1 is 1.83 bits per heavy atom. The normalized spacial score (nSPS) is 10.1. The summed E-state index contributed by atoms with van der Waals surface area (Å²) in [5.74, 6) is -0.388. The van der Waals surface area contributed by atoms with Crippen LogP contribution in [0.25, 0.3) is 0 Å². The van der Waals surface area contributed by atoms with Gasteiger partial charge in [0, 0.05) is 13.2 Å². The molecule has 1 aromatic heterocycles. The van der Waals surface area contributed by atoms with E-state index >= 15 is 0 Å². The molecule has 12 heavy (non-hydrogen) atoms. The highest BCUT2D eigenvalue weighted by molar-refractivity contribution is 5.69. The van der Waals surface area contributed by atoms with E-state index in [1.165, 1.54) is 7.11 Å². The molecule has 1 rings (SSSR count). The van der Waals surface area contributed by atoms with Gasteiger partial charge in [-0.05, 0) is 0 Å². The summed E-state index contributed by atoms with van der Waals surface area (Å²) in [6, 6.07) is 1.57. The predicted octanol–water partition coefficient (Wildman–Crippen LogP) is 0.448. The predicted molar refractivity (Wildman–Crippen MR) is 38.6 cm³/mol. The van der Waals surface area contributed by atoms with Gasteiger partial charge in [0.15, 0.2) is 5.76 Å². The molecule has 0 radical (unpaired) electrons. The summed E-state index contributed by atoms with van der Waals surface area (Å²) in [4.78, 5) is 10.2. The van der Waals surface area contributed by atoms with Gasteiger partial charge < -0.3 is 14.4 Å². The number of aliphatic carboxylic acids is 1. The van der Waals surface area contributed by atoms with Crippen LogP contribution in [0.5, 0.6) is 0 Å². The number of ether oxygens (including phenoxy) is 1. The number of carboxylic acid groups (broad SMARTS) is 1. The van der Waals surface area contributed by atoms with Gasteiger partial charge in [0.25, 0.3) is 0 Å². The van der Waals surface area contributed by atoms with E-state index in [-0.39, 0.29) is 6.42 Å². The number of rotatable bonds is 4. The lowest BCUT2D eigenvalue weighted by Crippen LogP contribution is -1.99. The Balaban J connectivity index is 2.58. The van der Waals surface area contributed by atoms with Crippen LogP contribution in [0, 0.1) is 0 Å². The fourth-order valence-electron chi connectivity index (χ4n) is 0.804. The van der Waals surface area contributed by atoms with Crippen LogP contribution < -0.4 is 0 Å². The molecule has 5 heteroatoms. The third-order valence-corrected chi connectivity index (χ3v) is 1.23. The van der Waals surface area contributed by atoms with Crippen LogP contribution in [0.2, 0.25) is 0 Å². The fourth-order valence-corrected chi connectivity index (χ4v) is 0.804. The second-order valence-electron chi connectivity index (χ2n) is 2.29. The number of nitrogens with zero attached hydrogens (tertiary/aromatic N) is 1. The number of aromatic nitrogens is 1. The molecule has 66 valence electrons. The molecule has 0 fully saturated rings. The second-order valence-corrected chi connectivity index (χ2v) is 2.29. The zero-order valence-corrected chi connectivity index (χ0v) is 6.61. The number of hydrogen-bond acceptors (Lipinski definition) is 4. The van der Waals surface area contributed by atoms with Gasteiger partial charge >= 0.3 is 5.97 Å². The Bertz CT molecular complexity index is 268. The first kappa shape index (κ1) is 8.73. The van der Waals surface area contributed by atoms with Gasteiger partial charge in [-0.1, -0.05) is 5.16 Å². The van der Waals surface area contributed by atoms with E-state index in [9.17, 15) is 4.79 Å². The van der Waals surface area contributed by atoms with Gasteiger partial charge in [0.2, 0.25) is 0 Å². The molecule has 0 unspecified atom stereocenters. The molecular weight excluding hydrogens is 162 g/mol. The van der Waals surface area contributed by atoms with Crippen molar-refractivity contribution in [1.29, 1.82) is 0 Å². The Morgan fingerprint density at radius 2 is 2.58 bits per heavy atom. The quantitative estimate of drug-likeness (QED) is 0.711. The average molecular weight is 171 g/mol. The van der Waals surface area contributed by atoms with Crippen molar-refractivity contribution < 1.29 is 19.2 Å². The monoisotopic (exact) mass is 171 g/mol. The molecule has 0 aromatic carbocycles. The molecule has 0 atom stereocenters. The van der Waals surface area contributed by atoms with Crippen molar-refractivity contribution in [2.45, 2.75) is 13.0 Å². The average Bonchev–Trinajstić information content (AvgIpc) is 2.36. The summed E-state index contributed by atoms with van der Waals surface area (Å²) in [6.45, 7) is 0.312. The zero-order chi connectivity index (χ0) is 8.97. The van der Waals surface area contributed by atoms with Crippen molar-refractivity contribution in [3.8, 4) is 0 Å². The summed E-state index contributed by atoms with van der Waals surface area (Å²) in [6.07, 6.45) is -0.118. The van der Waals surface area contributed by atoms with Gasteiger partial charge in [-0.25, -0.2) is 0 Å². The van der Waals surface area contributed by atoms with Crippen LogP contribution >= 0.6 is 0 Å². The second kappa shape index (κ2) is 3.87. The van der Waals surface area contributed by atoms with E-state index in [2.05, 4.69) is 5.16 Å². The molecule has 0 saturated carbocycles. The fraction of sp³-hybridized carbons (Fsp3) is 0.429. The van der Waals surface area contributed by atoms with Crippen molar-refractivity contribution in [2.24, 2.45) is 0 Å². The van der Waals surface area contributed by atoms with E-state index in [4.69, 9.17) is 14.4 Å². The van der Waals surface area contributed by atoms with Crippen LogP contribution in [0.1, 0.15) is 11.5 Å². The first-order valence-electron chi connectivity index (χ1n) is 3.37. The first-order chi connectivity index (χ1) is 5.72. The number of carbonyl (C=O) groups is 1. The smallest absolute Gasteiger partial charge is 0.309 e. The van der Waals surface area contributed by atoms with E-state index in [1.54, 1.807) is 6.07 Å². The standard InChI is InChI=1S/C7H9NO4/c1-11-4-6-2-5(8-12-6)3-7(9)10/h2H,3-4H2,1H3,(H,9,10). The van der Waals surface area contributed by atoms with Gasteiger partial charge in [0.1, 0.15) is 6.61 Å². The van der Waals surface area contributed by atoms with Crippen molar-refractivity contribution in [3.63, 3.8) is 0 Å². The Hall–Kier alpha value is -1.36. The third kappa shape index (κ3) is 2.35. The van der Waals surface area contributed by atoms with E-state index in [0.717, 1.165) is 0 Å². The molecule has 0 aliphatic rings. The molecule has 0 spiro atoms. The van der Waals surface area contributed by atoms with Gasteiger partial charge in [-0.15, -0.1) is 0 Å². The molecule has 5 nitrogen and oxygen atoms in total. The molecule has 0 saturated heterocycles. The summed E-state index contributed by atoms with van der Waals surface area (Å²) < 4.78 is 9.53. The van der Waals surface area contributed by atoms with Crippen LogP contribution in [-0.2, 0) is 22.6 Å². The minimum absolute atomic E-state index is 0.118. The van der Waals surface area contributed by atoms with Crippen molar-refractivity contribution in [3.05, 3.63) is 17.5 Å². The molecule has 0 amide bonds. The van der Waals surface area contributed by atoms with Crippen LogP contribution in [-0.4, -0.2) is 23.3 Å². The molecule has 0 aliphatic heterocycles. The maximum absolute atomic E-state index is 10.2. The Morgan fingerprint density at radius 3 is 3.17 bits per heavy atom.